The first-order valence-corrected chi connectivity index (χ1v) is 6.16. The molecule has 2 aromatic rings. The minimum absolute atomic E-state index is 0.232. The fraction of sp³-hybridized carbons (Fsp3) is 0.200. The molecule has 0 amide bonds. The fourth-order valence-corrected chi connectivity index (χ4v) is 1.81. The summed E-state index contributed by atoms with van der Waals surface area (Å²) in [5, 5.41) is 12.6. The van der Waals surface area contributed by atoms with Crippen LogP contribution in [0, 0.1) is 0 Å². The minimum atomic E-state index is -1.20. The summed E-state index contributed by atoms with van der Waals surface area (Å²) < 4.78 is 5.46. The third-order valence-electron chi connectivity index (χ3n) is 2.74. The number of halogens is 1. The molecule has 2 unspecified atom stereocenters. The topological polar surface area (TPSA) is 29.1 Å². The second kappa shape index (κ2) is 6.01. The van der Waals surface area contributed by atoms with Crippen LogP contribution in [0.4, 0.5) is 0 Å². The summed E-state index contributed by atoms with van der Waals surface area (Å²) in [7, 11) is 0. The van der Waals surface area contributed by atoms with Gasteiger partial charge in [0.2, 0.25) is 6.29 Å². The van der Waals surface area contributed by atoms with E-state index in [-0.39, 0.29) is 6.10 Å². The molecule has 0 aliphatic rings. The molecule has 3 heteroatoms. The Bertz CT molecular complexity index is 482. The second-order valence-corrected chi connectivity index (χ2v) is 4.51. The van der Waals surface area contributed by atoms with Gasteiger partial charge in [-0.3, -0.25) is 0 Å². The van der Waals surface area contributed by atoms with E-state index in [1.54, 1.807) is 24.3 Å². The van der Waals surface area contributed by atoms with Crippen molar-refractivity contribution in [3.05, 3.63) is 70.7 Å². The van der Waals surface area contributed by atoms with E-state index in [1.807, 2.05) is 37.3 Å². The lowest BCUT2D eigenvalue weighted by Gasteiger charge is -2.17. The molecule has 93 valence electrons. The van der Waals surface area contributed by atoms with E-state index in [0.29, 0.717) is 10.6 Å². The van der Waals surface area contributed by atoms with Gasteiger partial charge in [-0.25, -0.2) is 0 Å². The van der Waals surface area contributed by atoms with E-state index in [4.69, 9.17) is 16.3 Å². The van der Waals surface area contributed by atoms with Crippen molar-refractivity contribution in [2.75, 3.05) is 0 Å². The number of ether oxygens (including phenoxy) is 1. The van der Waals surface area contributed by atoms with Gasteiger partial charge in [-0.05, 0) is 24.6 Å². The van der Waals surface area contributed by atoms with Gasteiger partial charge in [0.1, 0.15) is 0 Å². The van der Waals surface area contributed by atoms with Crippen molar-refractivity contribution >= 4 is 11.6 Å². The van der Waals surface area contributed by atoms with Crippen LogP contribution in [0.2, 0.25) is 5.02 Å². The van der Waals surface area contributed by atoms with Crippen LogP contribution in [0.1, 0.15) is 30.4 Å². The number of benzene rings is 2. The summed E-state index contributed by atoms with van der Waals surface area (Å²) in [5.41, 5.74) is 1.58. The molecule has 2 atom stereocenters. The van der Waals surface area contributed by atoms with Crippen LogP contribution in [0.3, 0.4) is 0 Å². The van der Waals surface area contributed by atoms with Crippen molar-refractivity contribution in [1.82, 2.24) is 0 Å². The van der Waals surface area contributed by atoms with Gasteiger partial charge in [0.25, 0.3) is 0 Å². The van der Waals surface area contributed by atoms with Gasteiger partial charge in [0.15, 0.2) is 0 Å². The lowest BCUT2D eigenvalue weighted by molar-refractivity contribution is -0.172. The molecule has 18 heavy (non-hydrogen) atoms. The van der Waals surface area contributed by atoms with Crippen molar-refractivity contribution in [2.24, 2.45) is 0 Å². The first-order chi connectivity index (χ1) is 8.66. The van der Waals surface area contributed by atoms with E-state index in [2.05, 4.69) is 0 Å². The summed E-state index contributed by atoms with van der Waals surface area (Å²) in [5.74, 6) is 0. The smallest absolute Gasteiger partial charge is 0.218 e. The van der Waals surface area contributed by atoms with Gasteiger partial charge in [-0.2, -0.15) is 5.11 Å². The zero-order valence-electron chi connectivity index (χ0n) is 10.0. The fourth-order valence-electron chi connectivity index (χ4n) is 1.69. The minimum Gasteiger partial charge on any atom is -0.338 e. The Hall–Kier alpha value is -1.35. The molecular formula is C15H14ClO2. The van der Waals surface area contributed by atoms with Crippen LogP contribution in [-0.2, 0) is 9.84 Å². The van der Waals surface area contributed by atoms with Crippen molar-refractivity contribution in [1.29, 1.82) is 0 Å². The monoisotopic (exact) mass is 261 g/mol. The third kappa shape index (κ3) is 3.33. The largest absolute Gasteiger partial charge is 0.338 e. The van der Waals surface area contributed by atoms with Crippen LogP contribution in [0.5, 0.6) is 0 Å². The second-order valence-electron chi connectivity index (χ2n) is 4.07. The highest BCUT2D eigenvalue weighted by atomic mass is 35.5. The normalized spacial score (nSPS) is 14.2. The van der Waals surface area contributed by atoms with Crippen molar-refractivity contribution in [2.45, 2.75) is 19.3 Å². The Balaban J connectivity index is 2.03. The molecule has 2 aromatic carbocycles. The average Bonchev–Trinajstić information content (AvgIpc) is 2.40. The van der Waals surface area contributed by atoms with E-state index in [0.717, 1.165) is 5.56 Å². The molecule has 0 aromatic heterocycles. The lowest BCUT2D eigenvalue weighted by Crippen LogP contribution is -2.06. The summed E-state index contributed by atoms with van der Waals surface area (Å²) in [6.07, 6.45) is -1.43. The predicted molar refractivity (Wildman–Crippen MR) is 70.8 cm³/mol. The van der Waals surface area contributed by atoms with E-state index >= 15 is 0 Å². The summed E-state index contributed by atoms with van der Waals surface area (Å²) in [6, 6.07) is 16.4. The first-order valence-electron chi connectivity index (χ1n) is 5.78. The first kappa shape index (κ1) is 13.1. The van der Waals surface area contributed by atoms with Crippen molar-refractivity contribution in [3.63, 3.8) is 0 Å². The molecular weight excluding hydrogens is 248 g/mol. The standard InChI is InChI=1S/C15H14ClO2/c1-11(12-5-3-2-4-6-12)18-15(17)13-7-9-14(16)10-8-13/h2-11,15H,1H3. The number of hydrogen-bond acceptors (Lipinski definition) is 1. The summed E-state index contributed by atoms with van der Waals surface area (Å²) in [4.78, 5) is 0. The highest BCUT2D eigenvalue weighted by Gasteiger charge is 2.15. The number of hydrogen-bond donors (Lipinski definition) is 0. The van der Waals surface area contributed by atoms with Gasteiger partial charge in [0, 0.05) is 10.6 Å². The molecule has 0 bridgehead atoms. The molecule has 0 aliphatic carbocycles. The zero-order valence-corrected chi connectivity index (χ0v) is 10.8. The molecule has 0 fully saturated rings. The van der Waals surface area contributed by atoms with E-state index in [9.17, 15) is 5.11 Å². The Morgan fingerprint density at radius 2 is 1.56 bits per heavy atom. The van der Waals surface area contributed by atoms with E-state index < -0.39 is 6.29 Å². The Morgan fingerprint density at radius 3 is 2.17 bits per heavy atom. The average molecular weight is 262 g/mol. The van der Waals surface area contributed by atoms with Gasteiger partial charge in [-0.1, -0.05) is 54.1 Å². The summed E-state index contributed by atoms with van der Waals surface area (Å²) in [6.45, 7) is 1.87. The number of rotatable bonds is 4. The van der Waals surface area contributed by atoms with Crippen LogP contribution >= 0.6 is 11.6 Å². The maximum Gasteiger partial charge on any atom is 0.218 e. The highest BCUT2D eigenvalue weighted by molar-refractivity contribution is 6.30. The Labute approximate surface area is 112 Å². The molecule has 0 aliphatic heterocycles. The van der Waals surface area contributed by atoms with Crippen LogP contribution in [-0.4, -0.2) is 0 Å². The molecule has 2 rings (SSSR count). The van der Waals surface area contributed by atoms with Crippen molar-refractivity contribution < 1.29 is 9.84 Å². The third-order valence-corrected chi connectivity index (χ3v) is 2.99. The maximum atomic E-state index is 12.0. The SMILES string of the molecule is CC(OC([O])c1ccc(Cl)cc1)c1ccccc1. The van der Waals surface area contributed by atoms with E-state index in [1.165, 1.54) is 0 Å². The van der Waals surface area contributed by atoms with Gasteiger partial charge in [-0.15, -0.1) is 0 Å². The quantitative estimate of drug-likeness (QED) is 0.743. The molecule has 1 radical (unpaired) electrons. The predicted octanol–water partition coefficient (Wildman–Crippen LogP) is 4.55. The summed E-state index contributed by atoms with van der Waals surface area (Å²) >= 11 is 5.78. The molecule has 0 saturated heterocycles. The van der Waals surface area contributed by atoms with Crippen LogP contribution in [0.25, 0.3) is 0 Å². The van der Waals surface area contributed by atoms with Crippen LogP contribution < -0.4 is 0 Å². The molecule has 0 saturated carbocycles. The molecule has 0 heterocycles. The molecule has 0 N–H and O–H groups in total. The Kier molecular flexibility index (Phi) is 4.37. The molecule has 2 nitrogen and oxygen atoms in total. The van der Waals surface area contributed by atoms with Crippen molar-refractivity contribution in [3.8, 4) is 0 Å². The molecule has 0 spiro atoms. The Morgan fingerprint density at radius 1 is 0.944 bits per heavy atom. The highest BCUT2D eigenvalue weighted by Crippen LogP contribution is 2.25. The lowest BCUT2D eigenvalue weighted by atomic mass is 10.1. The van der Waals surface area contributed by atoms with Gasteiger partial charge < -0.3 is 4.74 Å². The zero-order chi connectivity index (χ0) is 13.0. The maximum absolute atomic E-state index is 12.0. The van der Waals surface area contributed by atoms with Gasteiger partial charge >= 0.3 is 0 Å². The van der Waals surface area contributed by atoms with Gasteiger partial charge in [0.05, 0.1) is 6.10 Å². The van der Waals surface area contributed by atoms with Crippen LogP contribution in [0.15, 0.2) is 54.6 Å².